The van der Waals surface area contributed by atoms with Gasteiger partial charge in [-0.05, 0) is 31.9 Å². The molecule has 2 aliphatic rings. The fraction of sp³-hybridized carbons (Fsp3) is 0.625. The highest BCUT2D eigenvalue weighted by Gasteiger charge is 2.31. The highest BCUT2D eigenvalue weighted by Crippen LogP contribution is 2.34. The molecule has 0 radical (unpaired) electrons. The van der Waals surface area contributed by atoms with E-state index in [4.69, 9.17) is 0 Å². The minimum absolute atomic E-state index is 0.227. The lowest BCUT2D eigenvalue weighted by Crippen LogP contribution is -2.46. The number of rotatable bonds is 2. The Kier molecular flexibility index (Phi) is 3.90. The second kappa shape index (κ2) is 5.81. The number of hydrogen-bond donors (Lipinski definition) is 0. The van der Waals surface area contributed by atoms with E-state index >= 15 is 0 Å². The number of likely N-dealkylation sites (N-methyl/N-ethyl adjacent to an activating group) is 1. The molecule has 0 bridgehead atoms. The minimum atomic E-state index is 0.227. The van der Waals surface area contributed by atoms with Crippen LogP contribution in [-0.2, 0) is 4.79 Å². The van der Waals surface area contributed by atoms with E-state index in [2.05, 4.69) is 16.8 Å². The molecule has 0 unspecified atom stereocenters. The van der Waals surface area contributed by atoms with Crippen molar-refractivity contribution in [2.24, 2.45) is 5.92 Å². The van der Waals surface area contributed by atoms with Gasteiger partial charge in [0, 0.05) is 31.7 Å². The number of aromatic nitrogens is 1. The van der Waals surface area contributed by atoms with Gasteiger partial charge in [-0.15, -0.1) is 0 Å². The van der Waals surface area contributed by atoms with Gasteiger partial charge < -0.3 is 9.80 Å². The van der Waals surface area contributed by atoms with Crippen molar-refractivity contribution in [1.29, 1.82) is 0 Å². The molecule has 0 aromatic carbocycles. The van der Waals surface area contributed by atoms with Gasteiger partial charge in [0.25, 0.3) is 0 Å². The standard InChI is InChI=1S/C16H23N3O/c1-2-18-11-12-19(14-9-6-10-17-15(14)18)16(20)13-7-4-3-5-8-13/h6,9-10,13H,2-5,7-8,11-12H2,1H3. The van der Waals surface area contributed by atoms with E-state index in [0.717, 1.165) is 44.0 Å². The van der Waals surface area contributed by atoms with E-state index in [-0.39, 0.29) is 5.92 Å². The van der Waals surface area contributed by atoms with Gasteiger partial charge in [-0.2, -0.15) is 0 Å². The van der Waals surface area contributed by atoms with Crippen molar-refractivity contribution in [3.05, 3.63) is 18.3 Å². The Hall–Kier alpha value is -1.58. The average Bonchev–Trinajstić information content (AvgIpc) is 2.54. The summed E-state index contributed by atoms with van der Waals surface area (Å²) in [6.45, 7) is 4.76. The molecule has 2 heterocycles. The Balaban J connectivity index is 1.85. The average molecular weight is 273 g/mol. The fourth-order valence-electron chi connectivity index (χ4n) is 3.40. The molecule has 20 heavy (non-hydrogen) atoms. The number of pyridine rings is 1. The van der Waals surface area contributed by atoms with Crippen molar-refractivity contribution in [3.63, 3.8) is 0 Å². The third-order valence-corrected chi connectivity index (χ3v) is 4.55. The predicted molar refractivity (Wildman–Crippen MR) is 81.1 cm³/mol. The lowest BCUT2D eigenvalue weighted by Gasteiger charge is -2.38. The molecule has 1 aliphatic carbocycles. The largest absolute Gasteiger partial charge is 0.353 e. The fourth-order valence-corrected chi connectivity index (χ4v) is 3.40. The Morgan fingerprint density at radius 3 is 2.85 bits per heavy atom. The van der Waals surface area contributed by atoms with Gasteiger partial charge in [0.05, 0.1) is 5.69 Å². The first kappa shape index (κ1) is 13.4. The molecule has 0 spiro atoms. The van der Waals surface area contributed by atoms with Gasteiger partial charge >= 0.3 is 0 Å². The second-order valence-electron chi connectivity index (χ2n) is 5.75. The normalized spacial score (nSPS) is 19.9. The number of hydrogen-bond acceptors (Lipinski definition) is 3. The van der Waals surface area contributed by atoms with E-state index in [0.29, 0.717) is 5.91 Å². The molecule has 1 aliphatic heterocycles. The molecule has 1 aromatic rings. The molecule has 3 rings (SSSR count). The van der Waals surface area contributed by atoms with Crippen LogP contribution in [0.15, 0.2) is 18.3 Å². The summed E-state index contributed by atoms with van der Waals surface area (Å²) in [6, 6.07) is 3.96. The number of nitrogens with zero attached hydrogens (tertiary/aromatic N) is 3. The SMILES string of the molecule is CCN1CCN(C(=O)C2CCCCC2)c2cccnc21. The number of carbonyl (C=O) groups excluding carboxylic acids is 1. The first-order valence-corrected chi connectivity index (χ1v) is 7.82. The van der Waals surface area contributed by atoms with Crippen LogP contribution in [0.2, 0.25) is 0 Å². The summed E-state index contributed by atoms with van der Waals surface area (Å²) in [7, 11) is 0. The molecule has 1 amide bonds. The third-order valence-electron chi connectivity index (χ3n) is 4.55. The molecule has 108 valence electrons. The van der Waals surface area contributed by atoms with Crippen LogP contribution in [0.25, 0.3) is 0 Å². The van der Waals surface area contributed by atoms with E-state index < -0.39 is 0 Å². The van der Waals surface area contributed by atoms with Crippen molar-refractivity contribution in [2.45, 2.75) is 39.0 Å². The zero-order valence-electron chi connectivity index (χ0n) is 12.2. The lowest BCUT2D eigenvalue weighted by atomic mass is 9.88. The van der Waals surface area contributed by atoms with Gasteiger partial charge in [0.15, 0.2) is 5.82 Å². The maximum Gasteiger partial charge on any atom is 0.230 e. The molecule has 4 nitrogen and oxygen atoms in total. The van der Waals surface area contributed by atoms with Crippen LogP contribution in [0.1, 0.15) is 39.0 Å². The highest BCUT2D eigenvalue weighted by molar-refractivity contribution is 5.98. The van der Waals surface area contributed by atoms with Crippen molar-refractivity contribution in [3.8, 4) is 0 Å². The monoisotopic (exact) mass is 273 g/mol. The molecule has 0 saturated heterocycles. The zero-order valence-corrected chi connectivity index (χ0v) is 12.2. The quantitative estimate of drug-likeness (QED) is 0.831. The summed E-state index contributed by atoms with van der Waals surface area (Å²) >= 11 is 0. The molecule has 1 aromatic heterocycles. The van der Waals surface area contributed by atoms with E-state index in [1.54, 1.807) is 0 Å². The first-order chi connectivity index (χ1) is 9.81. The molecule has 0 atom stereocenters. The summed E-state index contributed by atoms with van der Waals surface area (Å²) in [5, 5.41) is 0. The Morgan fingerprint density at radius 2 is 2.10 bits per heavy atom. The number of fused-ring (bicyclic) bond motifs is 1. The molecule has 1 saturated carbocycles. The van der Waals surface area contributed by atoms with Crippen molar-refractivity contribution in [1.82, 2.24) is 4.98 Å². The highest BCUT2D eigenvalue weighted by atomic mass is 16.2. The van der Waals surface area contributed by atoms with Gasteiger partial charge in [-0.3, -0.25) is 4.79 Å². The number of carbonyl (C=O) groups is 1. The Morgan fingerprint density at radius 1 is 1.30 bits per heavy atom. The van der Waals surface area contributed by atoms with Crippen LogP contribution in [0.4, 0.5) is 11.5 Å². The van der Waals surface area contributed by atoms with Crippen LogP contribution in [0.3, 0.4) is 0 Å². The van der Waals surface area contributed by atoms with E-state index in [1.165, 1.54) is 19.3 Å². The summed E-state index contributed by atoms with van der Waals surface area (Å²) < 4.78 is 0. The van der Waals surface area contributed by atoms with Crippen LogP contribution in [0, 0.1) is 5.92 Å². The third kappa shape index (κ3) is 2.39. The summed E-state index contributed by atoms with van der Waals surface area (Å²) in [6.07, 6.45) is 7.61. The summed E-state index contributed by atoms with van der Waals surface area (Å²) in [5.41, 5.74) is 0.996. The molecule has 0 N–H and O–H groups in total. The lowest BCUT2D eigenvalue weighted by molar-refractivity contribution is -0.123. The van der Waals surface area contributed by atoms with Crippen LogP contribution in [-0.4, -0.2) is 30.5 Å². The van der Waals surface area contributed by atoms with Crippen LogP contribution >= 0.6 is 0 Å². The van der Waals surface area contributed by atoms with Gasteiger partial charge in [0.2, 0.25) is 5.91 Å². The molecule has 4 heteroatoms. The molecular formula is C16H23N3O. The predicted octanol–water partition coefficient (Wildman–Crippen LogP) is 2.83. The molecule has 1 fully saturated rings. The first-order valence-electron chi connectivity index (χ1n) is 7.82. The number of amides is 1. The van der Waals surface area contributed by atoms with Gasteiger partial charge in [-0.25, -0.2) is 4.98 Å². The summed E-state index contributed by atoms with van der Waals surface area (Å²) in [5.74, 6) is 1.50. The minimum Gasteiger partial charge on any atom is -0.353 e. The van der Waals surface area contributed by atoms with Crippen molar-refractivity contribution < 1.29 is 4.79 Å². The maximum absolute atomic E-state index is 12.8. The smallest absolute Gasteiger partial charge is 0.230 e. The van der Waals surface area contributed by atoms with Crippen LogP contribution in [0.5, 0.6) is 0 Å². The zero-order chi connectivity index (χ0) is 13.9. The van der Waals surface area contributed by atoms with E-state index in [9.17, 15) is 4.79 Å². The van der Waals surface area contributed by atoms with Gasteiger partial charge in [-0.1, -0.05) is 19.3 Å². The second-order valence-corrected chi connectivity index (χ2v) is 5.75. The Bertz CT molecular complexity index is 482. The molecular weight excluding hydrogens is 250 g/mol. The van der Waals surface area contributed by atoms with Crippen molar-refractivity contribution >= 4 is 17.4 Å². The summed E-state index contributed by atoms with van der Waals surface area (Å²) in [4.78, 5) is 21.5. The number of anilines is 2. The van der Waals surface area contributed by atoms with Gasteiger partial charge in [0.1, 0.15) is 0 Å². The van der Waals surface area contributed by atoms with Crippen molar-refractivity contribution in [2.75, 3.05) is 29.4 Å². The maximum atomic E-state index is 12.8. The van der Waals surface area contributed by atoms with E-state index in [1.807, 2.05) is 23.2 Å². The Labute approximate surface area is 120 Å². The van der Waals surface area contributed by atoms with Crippen LogP contribution < -0.4 is 9.80 Å². The topological polar surface area (TPSA) is 36.4 Å².